The van der Waals surface area contributed by atoms with Crippen molar-refractivity contribution in [3.05, 3.63) is 71.3 Å². The summed E-state index contributed by atoms with van der Waals surface area (Å²) in [4.78, 5) is 26.6. The van der Waals surface area contributed by atoms with Gasteiger partial charge in [-0.1, -0.05) is 60.2 Å². The van der Waals surface area contributed by atoms with Crippen LogP contribution in [-0.4, -0.2) is 35.8 Å². The number of rotatable bonds is 7. The first kappa shape index (κ1) is 20.1. The molecule has 1 aliphatic heterocycles. The minimum Gasteiger partial charge on any atom is -0.352 e. The zero-order chi connectivity index (χ0) is 19.9. The molecule has 1 fully saturated rings. The minimum atomic E-state index is -0.306. The van der Waals surface area contributed by atoms with Crippen LogP contribution < -0.4 is 10.6 Å². The SMILES string of the molecule is CC(=O)NC(CC(=O)NC1CCN(Cc2ccccc2)C1)c1ccc(C)cc1. The van der Waals surface area contributed by atoms with Crippen molar-refractivity contribution in [3.63, 3.8) is 0 Å². The van der Waals surface area contributed by atoms with E-state index >= 15 is 0 Å². The van der Waals surface area contributed by atoms with Gasteiger partial charge in [-0.25, -0.2) is 0 Å². The average molecular weight is 380 g/mol. The summed E-state index contributed by atoms with van der Waals surface area (Å²) in [5, 5.41) is 6.05. The summed E-state index contributed by atoms with van der Waals surface area (Å²) in [7, 11) is 0. The summed E-state index contributed by atoms with van der Waals surface area (Å²) in [5.41, 5.74) is 3.40. The van der Waals surface area contributed by atoms with E-state index in [2.05, 4.69) is 39.8 Å². The summed E-state index contributed by atoms with van der Waals surface area (Å²) in [6.07, 6.45) is 1.20. The molecule has 0 aliphatic carbocycles. The van der Waals surface area contributed by atoms with Crippen molar-refractivity contribution in [3.8, 4) is 0 Å². The van der Waals surface area contributed by atoms with E-state index in [-0.39, 0.29) is 30.3 Å². The molecule has 0 aromatic heterocycles. The molecule has 2 aromatic carbocycles. The molecule has 1 heterocycles. The number of carbonyl (C=O) groups is 2. The molecule has 2 unspecified atom stereocenters. The van der Waals surface area contributed by atoms with Gasteiger partial charge >= 0.3 is 0 Å². The Balaban J connectivity index is 1.53. The van der Waals surface area contributed by atoms with Crippen LogP contribution in [0.3, 0.4) is 0 Å². The van der Waals surface area contributed by atoms with Crippen LogP contribution in [0.2, 0.25) is 0 Å². The standard InChI is InChI=1S/C23H29N3O2/c1-17-8-10-20(11-9-17)22(24-18(2)27)14-23(28)25-21-12-13-26(16-21)15-19-6-4-3-5-7-19/h3-11,21-22H,12-16H2,1-2H3,(H,24,27)(H,25,28). The Morgan fingerprint density at radius 2 is 1.82 bits per heavy atom. The first-order chi connectivity index (χ1) is 13.5. The van der Waals surface area contributed by atoms with E-state index in [1.165, 1.54) is 12.5 Å². The maximum absolute atomic E-state index is 12.6. The van der Waals surface area contributed by atoms with Crippen LogP contribution in [0.15, 0.2) is 54.6 Å². The van der Waals surface area contributed by atoms with Gasteiger partial charge in [-0.2, -0.15) is 0 Å². The van der Waals surface area contributed by atoms with Gasteiger partial charge in [0, 0.05) is 32.6 Å². The minimum absolute atomic E-state index is 0.0223. The highest BCUT2D eigenvalue weighted by molar-refractivity contribution is 5.79. The van der Waals surface area contributed by atoms with Crippen LogP contribution in [0.5, 0.6) is 0 Å². The van der Waals surface area contributed by atoms with Gasteiger partial charge in [0.2, 0.25) is 11.8 Å². The van der Waals surface area contributed by atoms with Crippen molar-refractivity contribution in [1.29, 1.82) is 0 Å². The molecule has 0 saturated carbocycles. The van der Waals surface area contributed by atoms with Crippen molar-refractivity contribution in [2.75, 3.05) is 13.1 Å². The van der Waals surface area contributed by atoms with E-state index < -0.39 is 0 Å². The zero-order valence-electron chi connectivity index (χ0n) is 16.7. The van der Waals surface area contributed by atoms with Crippen molar-refractivity contribution in [2.24, 2.45) is 0 Å². The number of amides is 2. The Hall–Kier alpha value is -2.66. The van der Waals surface area contributed by atoms with Crippen LogP contribution >= 0.6 is 0 Å². The van der Waals surface area contributed by atoms with Crippen molar-refractivity contribution in [2.45, 2.75) is 45.3 Å². The van der Waals surface area contributed by atoms with Gasteiger partial charge in [0.25, 0.3) is 0 Å². The Labute approximate surface area is 167 Å². The number of carbonyl (C=O) groups excluding carboxylic acids is 2. The molecule has 148 valence electrons. The number of nitrogens with one attached hydrogen (secondary N) is 2. The van der Waals surface area contributed by atoms with Gasteiger partial charge in [-0.05, 0) is 24.5 Å². The molecule has 1 saturated heterocycles. The number of benzene rings is 2. The number of nitrogens with zero attached hydrogens (tertiary/aromatic N) is 1. The maximum atomic E-state index is 12.6. The van der Waals surface area contributed by atoms with Crippen molar-refractivity contribution >= 4 is 11.8 Å². The van der Waals surface area contributed by atoms with Crippen molar-refractivity contribution < 1.29 is 9.59 Å². The molecule has 2 aromatic rings. The monoisotopic (exact) mass is 379 g/mol. The molecular formula is C23H29N3O2. The molecule has 1 aliphatic rings. The predicted molar refractivity (Wildman–Crippen MR) is 111 cm³/mol. The number of likely N-dealkylation sites (tertiary alicyclic amines) is 1. The largest absolute Gasteiger partial charge is 0.352 e. The summed E-state index contributed by atoms with van der Waals surface area (Å²) >= 11 is 0. The maximum Gasteiger partial charge on any atom is 0.222 e. The molecule has 3 rings (SSSR count). The van der Waals surface area contributed by atoms with Crippen LogP contribution in [0, 0.1) is 6.92 Å². The van der Waals surface area contributed by atoms with E-state index in [0.29, 0.717) is 0 Å². The van der Waals surface area contributed by atoms with Crippen LogP contribution in [0.1, 0.15) is 42.5 Å². The molecule has 2 N–H and O–H groups in total. The highest BCUT2D eigenvalue weighted by Gasteiger charge is 2.25. The average Bonchev–Trinajstić information content (AvgIpc) is 3.09. The topological polar surface area (TPSA) is 61.4 Å². The van der Waals surface area contributed by atoms with Gasteiger partial charge in [0.05, 0.1) is 12.5 Å². The Morgan fingerprint density at radius 3 is 2.50 bits per heavy atom. The highest BCUT2D eigenvalue weighted by atomic mass is 16.2. The molecule has 2 amide bonds. The predicted octanol–water partition coefficient (Wildman–Crippen LogP) is 2.95. The van der Waals surface area contributed by atoms with E-state index in [0.717, 1.165) is 37.2 Å². The molecule has 5 nitrogen and oxygen atoms in total. The lowest BCUT2D eigenvalue weighted by Crippen LogP contribution is -2.39. The third-order valence-electron chi connectivity index (χ3n) is 5.13. The van der Waals surface area contributed by atoms with E-state index in [1.54, 1.807) is 0 Å². The molecule has 0 radical (unpaired) electrons. The summed E-state index contributed by atoms with van der Waals surface area (Å²) in [6.45, 7) is 6.25. The number of aryl methyl sites for hydroxylation is 1. The number of hydrogen-bond donors (Lipinski definition) is 2. The van der Waals surface area contributed by atoms with E-state index in [9.17, 15) is 9.59 Å². The summed E-state index contributed by atoms with van der Waals surface area (Å²) in [6, 6.07) is 18.2. The Kier molecular flexibility index (Phi) is 6.82. The second kappa shape index (κ2) is 9.51. The lowest BCUT2D eigenvalue weighted by molar-refractivity contribution is -0.123. The van der Waals surface area contributed by atoms with Gasteiger partial charge in [0.1, 0.15) is 0 Å². The van der Waals surface area contributed by atoms with Crippen LogP contribution in [-0.2, 0) is 16.1 Å². The third kappa shape index (κ3) is 5.92. The summed E-state index contributed by atoms with van der Waals surface area (Å²) < 4.78 is 0. The van der Waals surface area contributed by atoms with Crippen molar-refractivity contribution in [1.82, 2.24) is 15.5 Å². The molecule has 28 heavy (non-hydrogen) atoms. The first-order valence-corrected chi connectivity index (χ1v) is 9.89. The first-order valence-electron chi connectivity index (χ1n) is 9.89. The van der Waals surface area contributed by atoms with Gasteiger partial charge < -0.3 is 10.6 Å². The molecular weight excluding hydrogens is 350 g/mol. The normalized spacial score (nSPS) is 17.9. The Morgan fingerprint density at radius 1 is 1.11 bits per heavy atom. The van der Waals surface area contributed by atoms with Gasteiger partial charge in [0.15, 0.2) is 0 Å². The third-order valence-corrected chi connectivity index (χ3v) is 5.13. The molecule has 5 heteroatoms. The zero-order valence-corrected chi connectivity index (χ0v) is 16.7. The smallest absolute Gasteiger partial charge is 0.222 e. The number of hydrogen-bond acceptors (Lipinski definition) is 3. The fourth-order valence-corrected chi connectivity index (χ4v) is 3.70. The quantitative estimate of drug-likeness (QED) is 0.778. The molecule has 2 atom stereocenters. The van der Waals surface area contributed by atoms with Gasteiger partial charge in [-0.3, -0.25) is 14.5 Å². The Bertz CT molecular complexity index is 789. The fourth-order valence-electron chi connectivity index (χ4n) is 3.70. The lowest BCUT2D eigenvalue weighted by Gasteiger charge is -2.20. The van der Waals surface area contributed by atoms with E-state index in [1.807, 2.05) is 37.3 Å². The summed E-state index contributed by atoms with van der Waals surface area (Å²) in [5.74, 6) is -0.154. The fraction of sp³-hybridized carbons (Fsp3) is 0.391. The second-order valence-electron chi connectivity index (χ2n) is 7.64. The second-order valence-corrected chi connectivity index (χ2v) is 7.64. The highest BCUT2D eigenvalue weighted by Crippen LogP contribution is 2.19. The lowest BCUT2D eigenvalue weighted by atomic mass is 10.0. The van der Waals surface area contributed by atoms with Crippen LogP contribution in [0.4, 0.5) is 0 Å². The van der Waals surface area contributed by atoms with Gasteiger partial charge in [-0.15, -0.1) is 0 Å². The van der Waals surface area contributed by atoms with Crippen LogP contribution in [0.25, 0.3) is 0 Å². The molecule has 0 bridgehead atoms. The van der Waals surface area contributed by atoms with E-state index in [4.69, 9.17) is 0 Å². The molecule has 0 spiro atoms.